The van der Waals surface area contributed by atoms with E-state index in [1.54, 1.807) is 38.1 Å². The molecular formula is C17H21NO7. The van der Waals surface area contributed by atoms with Crippen LogP contribution in [0, 0.1) is 0 Å². The highest BCUT2D eigenvalue weighted by molar-refractivity contribution is 5.99. The standard InChI is InChI=1S/C17H21NO7/c1-4-24-16(21)12-14(19)15(20)13(17(22)25-5-2)18(12)10-6-8-11(23-3)9-7-10/h6-9,12,14,19-20H,4-5H2,1-3H3. The lowest BCUT2D eigenvalue weighted by molar-refractivity contribution is -0.146. The molecule has 1 aromatic carbocycles. The fourth-order valence-electron chi connectivity index (χ4n) is 2.59. The van der Waals surface area contributed by atoms with E-state index in [4.69, 9.17) is 14.2 Å². The molecule has 0 fully saturated rings. The first-order valence-corrected chi connectivity index (χ1v) is 7.84. The monoisotopic (exact) mass is 351 g/mol. The number of aliphatic hydroxyl groups excluding tert-OH is 2. The molecule has 0 saturated heterocycles. The first-order chi connectivity index (χ1) is 12.0. The van der Waals surface area contributed by atoms with Crippen molar-refractivity contribution in [2.75, 3.05) is 25.2 Å². The number of ether oxygens (including phenoxy) is 3. The first-order valence-electron chi connectivity index (χ1n) is 7.84. The van der Waals surface area contributed by atoms with Crippen molar-refractivity contribution in [2.45, 2.75) is 26.0 Å². The van der Waals surface area contributed by atoms with E-state index < -0.39 is 29.8 Å². The number of carbonyl (C=O) groups excluding carboxylic acids is 2. The lowest BCUT2D eigenvalue weighted by Crippen LogP contribution is -2.45. The predicted octanol–water partition coefficient (Wildman–Crippen LogP) is 1.14. The van der Waals surface area contributed by atoms with Crippen LogP contribution in [0.15, 0.2) is 35.7 Å². The number of nitrogens with zero attached hydrogens (tertiary/aromatic N) is 1. The number of aliphatic hydroxyl groups is 2. The van der Waals surface area contributed by atoms with Crippen molar-refractivity contribution in [2.24, 2.45) is 0 Å². The Morgan fingerprint density at radius 3 is 2.24 bits per heavy atom. The van der Waals surface area contributed by atoms with Gasteiger partial charge in [0, 0.05) is 5.69 Å². The fourth-order valence-corrected chi connectivity index (χ4v) is 2.59. The largest absolute Gasteiger partial charge is 0.507 e. The summed E-state index contributed by atoms with van der Waals surface area (Å²) in [6.45, 7) is 3.40. The van der Waals surface area contributed by atoms with Crippen LogP contribution in [0.4, 0.5) is 5.69 Å². The molecule has 1 heterocycles. The molecule has 0 aliphatic carbocycles. The van der Waals surface area contributed by atoms with Crippen LogP contribution in [0.25, 0.3) is 0 Å². The summed E-state index contributed by atoms with van der Waals surface area (Å²) in [5.74, 6) is -1.67. The molecule has 1 aromatic rings. The van der Waals surface area contributed by atoms with Crippen LogP contribution in [0.3, 0.4) is 0 Å². The Labute approximate surface area is 145 Å². The molecule has 0 amide bonds. The van der Waals surface area contributed by atoms with E-state index in [1.165, 1.54) is 12.0 Å². The van der Waals surface area contributed by atoms with Crippen LogP contribution in [0.2, 0.25) is 0 Å². The van der Waals surface area contributed by atoms with Gasteiger partial charge in [-0.1, -0.05) is 0 Å². The number of rotatable bonds is 6. The van der Waals surface area contributed by atoms with Gasteiger partial charge in [0.05, 0.1) is 20.3 Å². The molecule has 0 radical (unpaired) electrons. The fraction of sp³-hybridized carbons (Fsp3) is 0.412. The van der Waals surface area contributed by atoms with Gasteiger partial charge in [-0.25, -0.2) is 9.59 Å². The molecule has 1 aliphatic heterocycles. The van der Waals surface area contributed by atoms with E-state index in [9.17, 15) is 19.8 Å². The number of hydrogen-bond donors (Lipinski definition) is 2. The van der Waals surface area contributed by atoms with E-state index in [0.717, 1.165) is 0 Å². The van der Waals surface area contributed by atoms with Crippen molar-refractivity contribution >= 4 is 17.6 Å². The maximum absolute atomic E-state index is 12.3. The molecule has 1 aliphatic rings. The van der Waals surface area contributed by atoms with Gasteiger partial charge in [0.25, 0.3) is 0 Å². The number of benzene rings is 1. The third-order valence-electron chi connectivity index (χ3n) is 3.69. The number of methoxy groups -OCH3 is 1. The molecule has 25 heavy (non-hydrogen) atoms. The normalized spacial score (nSPS) is 19.8. The topological polar surface area (TPSA) is 106 Å². The summed E-state index contributed by atoms with van der Waals surface area (Å²) in [5.41, 5.74) is 0.0996. The van der Waals surface area contributed by atoms with Gasteiger partial charge in [0.2, 0.25) is 0 Å². The molecule has 136 valence electrons. The Kier molecular flexibility index (Phi) is 5.87. The second-order valence-electron chi connectivity index (χ2n) is 5.16. The van der Waals surface area contributed by atoms with Crippen molar-refractivity contribution in [3.63, 3.8) is 0 Å². The second kappa shape index (κ2) is 7.89. The van der Waals surface area contributed by atoms with Gasteiger partial charge in [-0.2, -0.15) is 0 Å². The average Bonchev–Trinajstić information content (AvgIpc) is 2.87. The van der Waals surface area contributed by atoms with E-state index in [0.29, 0.717) is 11.4 Å². The molecule has 8 nitrogen and oxygen atoms in total. The third-order valence-corrected chi connectivity index (χ3v) is 3.69. The molecule has 8 heteroatoms. The molecule has 2 N–H and O–H groups in total. The molecular weight excluding hydrogens is 330 g/mol. The Morgan fingerprint density at radius 2 is 1.72 bits per heavy atom. The lowest BCUT2D eigenvalue weighted by atomic mass is 10.1. The van der Waals surface area contributed by atoms with Gasteiger partial charge >= 0.3 is 11.9 Å². The Morgan fingerprint density at radius 1 is 1.12 bits per heavy atom. The van der Waals surface area contributed by atoms with Gasteiger partial charge in [-0.15, -0.1) is 0 Å². The molecule has 0 saturated carbocycles. The van der Waals surface area contributed by atoms with E-state index in [1.807, 2.05) is 0 Å². The third kappa shape index (κ3) is 3.53. The summed E-state index contributed by atoms with van der Waals surface area (Å²) in [6, 6.07) is 5.14. The van der Waals surface area contributed by atoms with E-state index in [2.05, 4.69) is 0 Å². The maximum atomic E-state index is 12.3. The lowest BCUT2D eigenvalue weighted by Gasteiger charge is -2.28. The van der Waals surface area contributed by atoms with Crippen molar-refractivity contribution in [1.82, 2.24) is 0 Å². The maximum Gasteiger partial charge on any atom is 0.358 e. The van der Waals surface area contributed by atoms with E-state index in [-0.39, 0.29) is 18.9 Å². The number of hydrogen-bond acceptors (Lipinski definition) is 8. The molecule has 0 spiro atoms. The van der Waals surface area contributed by atoms with Gasteiger partial charge in [0.15, 0.2) is 17.5 Å². The summed E-state index contributed by atoms with van der Waals surface area (Å²) < 4.78 is 15.0. The highest BCUT2D eigenvalue weighted by Crippen LogP contribution is 2.35. The Bertz CT molecular complexity index is 668. The summed E-state index contributed by atoms with van der Waals surface area (Å²) in [6.07, 6.45) is -1.61. The van der Waals surface area contributed by atoms with Crippen LogP contribution in [-0.2, 0) is 19.1 Å². The highest BCUT2D eigenvalue weighted by Gasteiger charge is 2.49. The molecule has 2 atom stereocenters. The van der Waals surface area contributed by atoms with Gasteiger partial charge in [-0.05, 0) is 38.1 Å². The summed E-state index contributed by atoms with van der Waals surface area (Å²) >= 11 is 0. The highest BCUT2D eigenvalue weighted by atomic mass is 16.5. The summed E-state index contributed by atoms with van der Waals surface area (Å²) in [4.78, 5) is 25.8. The van der Waals surface area contributed by atoms with Crippen molar-refractivity contribution in [3.05, 3.63) is 35.7 Å². The average molecular weight is 351 g/mol. The van der Waals surface area contributed by atoms with Crippen molar-refractivity contribution in [1.29, 1.82) is 0 Å². The van der Waals surface area contributed by atoms with E-state index >= 15 is 0 Å². The molecule has 0 bridgehead atoms. The smallest absolute Gasteiger partial charge is 0.358 e. The van der Waals surface area contributed by atoms with Crippen molar-refractivity contribution < 1.29 is 34.0 Å². The Hall–Kier alpha value is -2.74. The summed E-state index contributed by atoms with van der Waals surface area (Å²) in [7, 11) is 1.51. The Balaban J connectivity index is 2.50. The molecule has 0 aromatic heterocycles. The SMILES string of the molecule is CCOC(=O)C1=C(O)C(O)C(C(=O)OCC)N1c1ccc(OC)cc1. The molecule has 2 unspecified atom stereocenters. The minimum atomic E-state index is -1.61. The number of carbonyl (C=O) groups is 2. The second-order valence-corrected chi connectivity index (χ2v) is 5.16. The van der Waals surface area contributed by atoms with Crippen LogP contribution in [-0.4, -0.2) is 54.6 Å². The van der Waals surface area contributed by atoms with Crippen LogP contribution in [0.1, 0.15) is 13.8 Å². The predicted molar refractivity (Wildman–Crippen MR) is 88.2 cm³/mol. The van der Waals surface area contributed by atoms with Gasteiger partial charge in [0.1, 0.15) is 11.9 Å². The number of anilines is 1. The van der Waals surface area contributed by atoms with Gasteiger partial charge < -0.3 is 29.3 Å². The zero-order chi connectivity index (χ0) is 18.6. The number of esters is 2. The zero-order valence-electron chi connectivity index (χ0n) is 14.3. The summed E-state index contributed by atoms with van der Waals surface area (Å²) in [5, 5.41) is 20.5. The van der Waals surface area contributed by atoms with Crippen LogP contribution >= 0.6 is 0 Å². The van der Waals surface area contributed by atoms with Crippen LogP contribution in [0.5, 0.6) is 5.75 Å². The quantitative estimate of drug-likeness (QED) is 0.735. The van der Waals surface area contributed by atoms with Gasteiger partial charge in [-0.3, -0.25) is 0 Å². The van der Waals surface area contributed by atoms with Crippen LogP contribution < -0.4 is 9.64 Å². The van der Waals surface area contributed by atoms with Crippen molar-refractivity contribution in [3.8, 4) is 5.75 Å². The molecule has 2 rings (SSSR count). The minimum absolute atomic E-state index is 0.0756. The minimum Gasteiger partial charge on any atom is -0.507 e. The zero-order valence-corrected chi connectivity index (χ0v) is 14.3. The first kappa shape index (κ1) is 18.6.